The summed E-state index contributed by atoms with van der Waals surface area (Å²) in [5, 5.41) is 39.3. The lowest BCUT2D eigenvalue weighted by Gasteiger charge is -2.15. The van der Waals surface area contributed by atoms with Crippen LogP contribution in [0.2, 0.25) is 0 Å². The van der Waals surface area contributed by atoms with Gasteiger partial charge >= 0.3 is 5.97 Å². The predicted octanol–water partition coefficient (Wildman–Crippen LogP) is 2.38. The molecular formula is C18H14N2O6. The summed E-state index contributed by atoms with van der Waals surface area (Å²) >= 11 is 0. The summed E-state index contributed by atoms with van der Waals surface area (Å²) in [6, 6.07) is 11.5. The van der Waals surface area contributed by atoms with Gasteiger partial charge in [0.15, 0.2) is 5.75 Å². The number of aromatic hydroxyl groups is 2. The first kappa shape index (κ1) is 17.2. The maximum absolute atomic E-state index is 12.4. The van der Waals surface area contributed by atoms with E-state index in [1.54, 1.807) is 12.1 Å². The van der Waals surface area contributed by atoms with Crippen LogP contribution in [0.15, 0.2) is 48.5 Å². The molecule has 0 bridgehead atoms. The summed E-state index contributed by atoms with van der Waals surface area (Å²) in [4.78, 5) is 27.4. The molecule has 0 saturated carbocycles. The summed E-state index contributed by atoms with van der Waals surface area (Å²) < 4.78 is 0. The van der Waals surface area contributed by atoms with Gasteiger partial charge in [0.1, 0.15) is 22.5 Å². The second-order valence-corrected chi connectivity index (χ2v) is 5.56. The molecule has 0 aliphatic heterocycles. The van der Waals surface area contributed by atoms with Crippen molar-refractivity contribution in [3.63, 3.8) is 0 Å². The zero-order valence-electron chi connectivity index (χ0n) is 13.3. The number of rotatable bonds is 4. The fourth-order valence-corrected chi connectivity index (χ4v) is 2.44. The molecule has 8 heteroatoms. The Balaban J connectivity index is 1.91. The summed E-state index contributed by atoms with van der Waals surface area (Å²) in [7, 11) is 0. The third-order valence-corrected chi connectivity index (χ3v) is 3.79. The van der Waals surface area contributed by atoms with Gasteiger partial charge in [-0.1, -0.05) is 24.3 Å². The molecule has 0 saturated heterocycles. The summed E-state index contributed by atoms with van der Waals surface area (Å²) in [5.41, 5.74) is 0.0420. The van der Waals surface area contributed by atoms with Gasteiger partial charge in [0.05, 0.1) is 6.54 Å². The van der Waals surface area contributed by atoms with Crippen molar-refractivity contribution in [1.82, 2.24) is 10.0 Å². The number of carbonyl (C=O) groups excluding carboxylic acids is 1. The van der Waals surface area contributed by atoms with Crippen LogP contribution in [-0.4, -0.2) is 42.5 Å². The van der Waals surface area contributed by atoms with Crippen LogP contribution in [0.5, 0.6) is 11.5 Å². The highest BCUT2D eigenvalue weighted by molar-refractivity contribution is 6.00. The molecule has 3 rings (SSSR count). The van der Waals surface area contributed by atoms with E-state index in [1.807, 2.05) is 0 Å². The van der Waals surface area contributed by atoms with Crippen LogP contribution >= 0.6 is 0 Å². The third kappa shape index (κ3) is 3.26. The molecular weight excluding hydrogens is 340 g/mol. The van der Waals surface area contributed by atoms with E-state index in [9.17, 15) is 25.0 Å². The lowest BCUT2D eigenvalue weighted by atomic mass is 10.1. The number of amides is 1. The normalized spacial score (nSPS) is 10.7. The quantitative estimate of drug-likeness (QED) is 0.418. The zero-order chi connectivity index (χ0) is 18.8. The Kier molecular flexibility index (Phi) is 4.42. The minimum Gasteiger partial charge on any atom is -0.508 e. The monoisotopic (exact) mass is 354 g/mol. The largest absolute Gasteiger partial charge is 0.508 e. The minimum absolute atomic E-state index is 0.0474. The molecule has 0 aliphatic rings. The van der Waals surface area contributed by atoms with E-state index in [4.69, 9.17) is 5.11 Å². The van der Waals surface area contributed by atoms with Gasteiger partial charge in [-0.15, -0.1) is 0 Å². The molecule has 1 amide bonds. The number of aromatic nitrogens is 1. The van der Waals surface area contributed by atoms with Crippen molar-refractivity contribution in [3.8, 4) is 11.5 Å². The first-order valence-electron chi connectivity index (χ1n) is 7.51. The molecule has 1 aromatic heterocycles. The lowest BCUT2D eigenvalue weighted by molar-refractivity contribution is -0.0651. The highest BCUT2D eigenvalue weighted by Crippen LogP contribution is 2.27. The fourth-order valence-electron chi connectivity index (χ4n) is 2.44. The molecule has 0 atom stereocenters. The van der Waals surface area contributed by atoms with Crippen molar-refractivity contribution >= 4 is 22.8 Å². The highest BCUT2D eigenvalue weighted by Gasteiger charge is 2.19. The van der Waals surface area contributed by atoms with Crippen LogP contribution in [0, 0.1) is 0 Å². The average molecular weight is 354 g/mol. The third-order valence-electron chi connectivity index (χ3n) is 3.79. The molecule has 0 unspecified atom stereocenters. The van der Waals surface area contributed by atoms with Crippen LogP contribution in [0.1, 0.15) is 26.4 Å². The Labute approximate surface area is 147 Å². The Morgan fingerprint density at radius 3 is 2.27 bits per heavy atom. The topological polar surface area (TPSA) is 131 Å². The molecule has 0 spiro atoms. The van der Waals surface area contributed by atoms with E-state index in [0.717, 1.165) is 0 Å². The first-order chi connectivity index (χ1) is 12.4. The first-order valence-corrected chi connectivity index (χ1v) is 7.51. The van der Waals surface area contributed by atoms with Crippen molar-refractivity contribution < 1.29 is 30.1 Å². The number of benzene rings is 2. The second-order valence-electron chi connectivity index (χ2n) is 5.56. The summed E-state index contributed by atoms with van der Waals surface area (Å²) in [6.45, 7) is -0.139. The van der Waals surface area contributed by atoms with E-state index in [2.05, 4.69) is 4.98 Å². The Hall–Kier alpha value is -3.65. The van der Waals surface area contributed by atoms with E-state index in [0.29, 0.717) is 16.0 Å². The SMILES string of the molecule is O=C(O)c1ccc2ccc(C(=O)N(O)Cc3ccc(O)cc3)nc2c1O. The number of hydrogen-bond donors (Lipinski definition) is 4. The van der Waals surface area contributed by atoms with Crippen LogP contribution in [0.3, 0.4) is 0 Å². The highest BCUT2D eigenvalue weighted by atomic mass is 16.5. The zero-order valence-corrected chi connectivity index (χ0v) is 13.3. The number of carboxylic acids is 1. The van der Waals surface area contributed by atoms with Gasteiger partial charge in [-0.25, -0.2) is 14.8 Å². The molecule has 26 heavy (non-hydrogen) atoms. The van der Waals surface area contributed by atoms with E-state index >= 15 is 0 Å². The maximum atomic E-state index is 12.4. The van der Waals surface area contributed by atoms with E-state index in [1.165, 1.54) is 36.4 Å². The van der Waals surface area contributed by atoms with Gasteiger partial charge in [0, 0.05) is 5.39 Å². The number of nitrogens with zero attached hydrogens (tertiary/aromatic N) is 2. The van der Waals surface area contributed by atoms with Gasteiger partial charge in [0.25, 0.3) is 5.91 Å². The number of hydroxylamine groups is 2. The number of pyridine rings is 1. The molecule has 0 radical (unpaired) electrons. The molecule has 2 aromatic carbocycles. The van der Waals surface area contributed by atoms with Crippen LogP contribution in [0.25, 0.3) is 10.9 Å². The van der Waals surface area contributed by atoms with Gasteiger partial charge in [0.2, 0.25) is 0 Å². The maximum Gasteiger partial charge on any atom is 0.339 e. The van der Waals surface area contributed by atoms with Crippen LogP contribution in [0.4, 0.5) is 0 Å². The Morgan fingerprint density at radius 1 is 0.962 bits per heavy atom. The predicted molar refractivity (Wildman–Crippen MR) is 90.1 cm³/mol. The van der Waals surface area contributed by atoms with Gasteiger partial charge in [-0.3, -0.25) is 10.0 Å². The number of phenols is 2. The van der Waals surface area contributed by atoms with Gasteiger partial charge in [-0.05, 0) is 29.8 Å². The molecule has 3 aromatic rings. The molecule has 0 aliphatic carbocycles. The summed E-state index contributed by atoms with van der Waals surface area (Å²) in [5.74, 6) is -2.63. The number of hydrogen-bond acceptors (Lipinski definition) is 6. The van der Waals surface area contributed by atoms with E-state index < -0.39 is 17.6 Å². The minimum atomic E-state index is -1.32. The Morgan fingerprint density at radius 2 is 1.62 bits per heavy atom. The number of aromatic carboxylic acids is 1. The fraction of sp³-hybridized carbons (Fsp3) is 0.0556. The molecule has 4 N–H and O–H groups in total. The number of carbonyl (C=O) groups is 2. The van der Waals surface area contributed by atoms with Crippen molar-refractivity contribution in [2.75, 3.05) is 0 Å². The van der Waals surface area contributed by atoms with Gasteiger partial charge in [-0.2, -0.15) is 0 Å². The standard InChI is InChI=1S/C18H14N2O6/c21-12-5-1-10(2-6-12)9-20(26)17(23)14-8-4-11-3-7-13(18(24)25)16(22)15(11)19-14/h1-8,21-22,26H,9H2,(H,24,25). The van der Waals surface area contributed by atoms with Crippen molar-refractivity contribution in [3.05, 3.63) is 65.4 Å². The average Bonchev–Trinajstić information content (AvgIpc) is 2.62. The molecule has 8 nitrogen and oxygen atoms in total. The molecule has 1 heterocycles. The number of fused-ring (bicyclic) bond motifs is 1. The smallest absolute Gasteiger partial charge is 0.339 e. The van der Waals surface area contributed by atoms with Crippen molar-refractivity contribution in [2.24, 2.45) is 0 Å². The van der Waals surface area contributed by atoms with E-state index in [-0.39, 0.29) is 29.1 Å². The number of phenolic OH excluding ortho intramolecular Hbond substituents is 1. The Bertz CT molecular complexity index is 1000. The van der Waals surface area contributed by atoms with Crippen molar-refractivity contribution in [2.45, 2.75) is 6.54 Å². The van der Waals surface area contributed by atoms with Crippen LogP contribution < -0.4 is 0 Å². The summed E-state index contributed by atoms with van der Waals surface area (Å²) in [6.07, 6.45) is 0. The number of carboxylic acid groups (broad SMARTS) is 1. The second kappa shape index (κ2) is 6.69. The van der Waals surface area contributed by atoms with Gasteiger partial charge < -0.3 is 15.3 Å². The molecule has 0 fully saturated rings. The lowest BCUT2D eigenvalue weighted by Crippen LogP contribution is -2.27. The van der Waals surface area contributed by atoms with Crippen LogP contribution in [-0.2, 0) is 6.54 Å². The molecule has 132 valence electrons. The van der Waals surface area contributed by atoms with Crippen molar-refractivity contribution in [1.29, 1.82) is 0 Å².